The van der Waals surface area contributed by atoms with Gasteiger partial charge in [0.2, 0.25) is 0 Å². The van der Waals surface area contributed by atoms with Gasteiger partial charge in [-0.05, 0) is 82.1 Å². The number of fused-ring (bicyclic) bond motifs is 1. The molecule has 2 aliphatic heterocycles. The summed E-state index contributed by atoms with van der Waals surface area (Å²) in [5.41, 5.74) is 1.55. The van der Waals surface area contributed by atoms with Crippen molar-refractivity contribution < 1.29 is 24.5 Å². The van der Waals surface area contributed by atoms with Crippen molar-refractivity contribution in [3.05, 3.63) is 58.3 Å². The topological polar surface area (TPSA) is 110 Å². The fraction of sp³-hybridized carbons (Fsp3) is 0.581. The molecular weight excluding hydrogens is 544 g/mol. The number of hydrogen-bond acceptors (Lipinski definition) is 7. The Balaban J connectivity index is 1.51. The lowest BCUT2D eigenvalue weighted by Gasteiger charge is -2.42. The molecule has 41 heavy (non-hydrogen) atoms. The minimum Gasteiger partial charge on any atom is -0.444 e. The van der Waals surface area contributed by atoms with Crippen molar-refractivity contribution in [2.45, 2.75) is 70.7 Å². The number of aliphatic hydroxyl groups is 2. The van der Waals surface area contributed by atoms with Crippen molar-refractivity contribution in [3.8, 4) is 0 Å². The minimum absolute atomic E-state index is 0.181. The summed E-state index contributed by atoms with van der Waals surface area (Å²) in [5, 5.41) is 24.1. The first-order valence-electron chi connectivity index (χ1n) is 14.5. The van der Waals surface area contributed by atoms with Crippen LogP contribution in [0.4, 0.5) is 4.79 Å². The van der Waals surface area contributed by atoms with Crippen LogP contribution in [0.3, 0.4) is 0 Å². The fourth-order valence-corrected chi connectivity index (χ4v) is 6.59. The number of aliphatic hydroxyl groups excluding tert-OH is 1. The van der Waals surface area contributed by atoms with E-state index in [1.54, 1.807) is 17.4 Å². The molecule has 0 saturated carbocycles. The molecular formula is C31H41ClN4O5. The summed E-state index contributed by atoms with van der Waals surface area (Å²) < 4.78 is 13.0. The number of imidazole rings is 1. The molecule has 2 aromatic heterocycles. The standard InChI is InChI=1S/C31H41ClN4O5/c1-30(2,3)41-29(38)36-11-7-21(8-12-36)31(39,27-17-33-19-35(27)4)22-5-6-25-24(16-22)28(32)23(26(18-37)34-25)15-20-9-13-40-14-10-20/h5-6,16-17,19-21,37,39H,7-15,18H2,1-4H3. The molecule has 2 aliphatic rings. The summed E-state index contributed by atoms with van der Waals surface area (Å²) in [4.78, 5) is 23.5. The molecule has 9 nitrogen and oxygen atoms in total. The Bertz CT molecular complexity index is 1390. The molecule has 4 heterocycles. The van der Waals surface area contributed by atoms with Gasteiger partial charge in [0.05, 0.1) is 41.1 Å². The smallest absolute Gasteiger partial charge is 0.410 e. The number of amides is 1. The summed E-state index contributed by atoms with van der Waals surface area (Å²) >= 11 is 7.08. The van der Waals surface area contributed by atoms with Crippen molar-refractivity contribution in [2.24, 2.45) is 18.9 Å². The van der Waals surface area contributed by atoms with Gasteiger partial charge in [-0.15, -0.1) is 0 Å². The first-order valence-corrected chi connectivity index (χ1v) is 14.9. The number of ether oxygens (including phenoxy) is 2. The van der Waals surface area contributed by atoms with Gasteiger partial charge in [-0.1, -0.05) is 17.7 Å². The maximum atomic E-state index is 12.7. The largest absolute Gasteiger partial charge is 0.444 e. The van der Waals surface area contributed by atoms with E-state index in [0.29, 0.717) is 59.3 Å². The van der Waals surface area contributed by atoms with Gasteiger partial charge in [0.1, 0.15) is 11.2 Å². The number of aryl methyl sites for hydroxylation is 1. The van der Waals surface area contributed by atoms with Crippen molar-refractivity contribution in [3.63, 3.8) is 0 Å². The van der Waals surface area contributed by atoms with Crippen molar-refractivity contribution in [1.29, 1.82) is 0 Å². The summed E-state index contributed by atoms with van der Waals surface area (Å²) in [7, 11) is 1.87. The Morgan fingerprint density at radius 2 is 1.88 bits per heavy atom. The molecule has 3 aromatic rings. The molecule has 2 fully saturated rings. The summed E-state index contributed by atoms with van der Waals surface area (Å²) in [5.74, 6) is 0.231. The summed E-state index contributed by atoms with van der Waals surface area (Å²) in [6, 6.07) is 5.69. The zero-order chi connectivity index (χ0) is 29.4. The number of carbonyl (C=O) groups excluding carboxylic acids is 1. The lowest BCUT2D eigenvalue weighted by atomic mass is 9.74. The number of aromatic nitrogens is 3. The number of pyridine rings is 1. The zero-order valence-electron chi connectivity index (χ0n) is 24.4. The first kappa shape index (κ1) is 29.8. The van der Waals surface area contributed by atoms with E-state index in [1.165, 1.54) is 0 Å². The van der Waals surface area contributed by atoms with E-state index < -0.39 is 11.2 Å². The van der Waals surface area contributed by atoms with Crippen LogP contribution in [-0.2, 0) is 35.2 Å². The number of hydrogen-bond donors (Lipinski definition) is 2. The monoisotopic (exact) mass is 584 g/mol. The number of carbonyl (C=O) groups is 1. The minimum atomic E-state index is -1.38. The van der Waals surface area contributed by atoms with Crippen molar-refractivity contribution in [1.82, 2.24) is 19.4 Å². The molecule has 1 amide bonds. The molecule has 222 valence electrons. The zero-order valence-corrected chi connectivity index (χ0v) is 25.2. The lowest BCUT2D eigenvalue weighted by Crippen LogP contribution is -2.47. The van der Waals surface area contributed by atoms with E-state index >= 15 is 0 Å². The molecule has 0 spiro atoms. The Labute approximate surface area is 246 Å². The van der Waals surface area contributed by atoms with Crippen LogP contribution in [0.1, 0.15) is 69.0 Å². The van der Waals surface area contributed by atoms with E-state index in [4.69, 9.17) is 26.1 Å². The Morgan fingerprint density at radius 3 is 2.49 bits per heavy atom. The Kier molecular flexibility index (Phi) is 8.62. The average Bonchev–Trinajstić information content (AvgIpc) is 3.39. The molecule has 0 radical (unpaired) electrons. The number of piperidine rings is 1. The van der Waals surface area contributed by atoms with Gasteiger partial charge < -0.3 is 29.2 Å². The van der Waals surface area contributed by atoms with E-state index in [2.05, 4.69) is 4.98 Å². The normalized spacial score (nSPS) is 19.0. The fourth-order valence-electron chi connectivity index (χ4n) is 6.25. The quantitative estimate of drug-likeness (QED) is 0.421. The Hall–Kier alpha value is -2.72. The molecule has 0 bridgehead atoms. The van der Waals surface area contributed by atoms with Crippen molar-refractivity contribution >= 4 is 28.6 Å². The highest BCUT2D eigenvalue weighted by atomic mass is 35.5. The van der Waals surface area contributed by atoms with E-state index in [1.807, 2.05) is 50.6 Å². The highest BCUT2D eigenvalue weighted by molar-refractivity contribution is 6.36. The van der Waals surface area contributed by atoms with Crippen LogP contribution in [0, 0.1) is 11.8 Å². The van der Waals surface area contributed by atoms with Crippen molar-refractivity contribution in [2.75, 3.05) is 26.3 Å². The van der Waals surface area contributed by atoms with Crippen LogP contribution in [0.15, 0.2) is 30.7 Å². The first-order chi connectivity index (χ1) is 19.5. The molecule has 10 heteroatoms. The van der Waals surface area contributed by atoms with E-state index in [0.717, 1.165) is 43.4 Å². The number of benzene rings is 1. The van der Waals surface area contributed by atoms with E-state index in [-0.39, 0.29) is 18.6 Å². The third kappa shape index (κ3) is 6.09. The molecule has 2 saturated heterocycles. The highest BCUT2D eigenvalue weighted by Gasteiger charge is 2.44. The van der Waals surface area contributed by atoms with Crippen LogP contribution < -0.4 is 0 Å². The summed E-state index contributed by atoms with van der Waals surface area (Å²) in [6.45, 7) is 7.80. The number of likely N-dealkylation sites (tertiary alicyclic amines) is 1. The van der Waals surface area contributed by atoms with Crippen LogP contribution in [0.25, 0.3) is 10.9 Å². The maximum absolute atomic E-state index is 12.7. The predicted octanol–water partition coefficient (Wildman–Crippen LogP) is 4.97. The van der Waals surface area contributed by atoms with Gasteiger partial charge in [0.15, 0.2) is 0 Å². The third-order valence-electron chi connectivity index (χ3n) is 8.47. The van der Waals surface area contributed by atoms with Crippen LogP contribution in [0.2, 0.25) is 5.02 Å². The SMILES string of the molecule is Cn1cncc1C(O)(c1ccc2nc(CO)c(CC3CCOCC3)c(Cl)c2c1)C1CCN(C(=O)OC(C)(C)C)CC1. The molecule has 1 aromatic carbocycles. The lowest BCUT2D eigenvalue weighted by molar-refractivity contribution is -0.0275. The predicted molar refractivity (Wildman–Crippen MR) is 157 cm³/mol. The van der Waals surface area contributed by atoms with Crippen LogP contribution in [0.5, 0.6) is 0 Å². The molecule has 1 atom stereocenters. The molecule has 0 aliphatic carbocycles. The molecule has 1 unspecified atom stereocenters. The average molecular weight is 585 g/mol. The highest BCUT2D eigenvalue weighted by Crippen LogP contribution is 2.44. The number of rotatable bonds is 6. The van der Waals surface area contributed by atoms with E-state index in [9.17, 15) is 15.0 Å². The second-order valence-electron chi connectivity index (χ2n) is 12.4. The van der Waals surface area contributed by atoms with Gasteiger partial charge in [-0.25, -0.2) is 14.8 Å². The summed E-state index contributed by atoms with van der Waals surface area (Å²) in [6.07, 6.45) is 6.84. The van der Waals surface area contributed by atoms with Gasteiger partial charge >= 0.3 is 6.09 Å². The van der Waals surface area contributed by atoms with Gasteiger partial charge in [-0.2, -0.15) is 0 Å². The molecule has 2 N–H and O–H groups in total. The number of halogens is 1. The maximum Gasteiger partial charge on any atom is 0.410 e. The molecule has 5 rings (SSSR count). The van der Waals surface area contributed by atoms with Crippen LogP contribution >= 0.6 is 11.6 Å². The number of nitrogens with zero attached hydrogens (tertiary/aromatic N) is 4. The Morgan fingerprint density at radius 1 is 1.17 bits per heavy atom. The third-order valence-corrected chi connectivity index (χ3v) is 8.90. The van der Waals surface area contributed by atoms with Gasteiger partial charge in [0.25, 0.3) is 0 Å². The second kappa shape index (κ2) is 11.9. The van der Waals surface area contributed by atoms with Gasteiger partial charge in [-0.3, -0.25) is 0 Å². The van der Waals surface area contributed by atoms with Crippen LogP contribution in [-0.4, -0.2) is 67.6 Å². The second-order valence-corrected chi connectivity index (χ2v) is 12.8. The van der Waals surface area contributed by atoms with Gasteiger partial charge in [0, 0.05) is 44.7 Å².